The first-order valence-corrected chi connectivity index (χ1v) is 11.9. The van der Waals surface area contributed by atoms with E-state index in [9.17, 15) is 18.8 Å². The van der Waals surface area contributed by atoms with Crippen LogP contribution in [0.15, 0.2) is 24.3 Å². The maximum absolute atomic E-state index is 13.3. The Bertz CT molecular complexity index is 890. The fourth-order valence-electron chi connectivity index (χ4n) is 5.66. The highest BCUT2D eigenvalue weighted by molar-refractivity contribution is 6.09. The molecule has 7 heteroatoms. The number of rotatable bonds is 5. The number of amides is 4. The number of nitrogens with one attached hydrogen (secondary N) is 1. The van der Waals surface area contributed by atoms with Gasteiger partial charge < -0.3 is 10.2 Å². The standard InChI is InChI=1S/C25H34FN3O3/c1-4-24(2,3)18-11-13-25(14-12-18)22(31)29(23(32)27-25)16-21(30)28-15-5-6-20(28)17-7-9-19(26)10-8-17/h7-10,18,20H,4-6,11-16H2,1-3H3,(H,27,32). The summed E-state index contributed by atoms with van der Waals surface area (Å²) in [5.74, 6) is -0.287. The number of benzene rings is 1. The molecule has 0 bridgehead atoms. The number of nitrogens with zero attached hydrogens (tertiary/aromatic N) is 2. The van der Waals surface area contributed by atoms with Crippen LogP contribution in [0.1, 0.15) is 77.3 Å². The van der Waals surface area contributed by atoms with Gasteiger partial charge in [-0.15, -0.1) is 0 Å². The molecule has 1 aromatic carbocycles. The van der Waals surface area contributed by atoms with Gasteiger partial charge >= 0.3 is 6.03 Å². The van der Waals surface area contributed by atoms with Crippen LogP contribution in [0.3, 0.4) is 0 Å². The lowest BCUT2D eigenvalue weighted by Gasteiger charge is -2.42. The fourth-order valence-corrected chi connectivity index (χ4v) is 5.66. The van der Waals surface area contributed by atoms with E-state index < -0.39 is 11.6 Å². The van der Waals surface area contributed by atoms with Crippen LogP contribution in [0.2, 0.25) is 0 Å². The number of hydrogen-bond donors (Lipinski definition) is 1. The second-order valence-electron chi connectivity index (χ2n) is 10.3. The van der Waals surface area contributed by atoms with Crippen molar-refractivity contribution in [1.29, 1.82) is 0 Å². The first kappa shape index (κ1) is 22.7. The number of likely N-dealkylation sites (tertiary alicyclic amines) is 1. The average Bonchev–Trinajstić information content (AvgIpc) is 3.34. The Kier molecular flexibility index (Phi) is 6.03. The molecule has 32 heavy (non-hydrogen) atoms. The highest BCUT2D eigenvalue weighted by Gasteiger charge is 2.54. The van der Waals surface area contributed by atoms with Crippen LogP contribution in [-0.4, -0.2) is 46.3 Å². The van der Waals surface area contributed by atoms with E-state index in [1.165, 1.54) is 12.1 Å². The number of carbonyl (C=O) groups is 3. The molecule has 1 atom stereocenters. The number of carbonyl (C=O) groups excluding carboxylic acids is 3. The number of urea groups is 1. The van der Waals surface area contributed by atoms with E-state index in [1.54, 1.807) is 17.0 Å². The molecule has 174 valence electrons. The molecule has 3 fully saturated rings. The summed E-state index contributed by atoms with van der Waals surface area (Å²) in [5, 5.41) is 2.93. The maximum atomic E-state index is 13.3. The van der Waals surface area contributed by atoms with Crippen molar-refractivity contribution in [3.8, 4) is 0 Å². The molecule has 4 amide bonds. The normalized spacial score (nSPS) is 28.5. The fraction of sp³-hybridized carbons (Fsp3) is 0.640. The molecule has 6 nitrogen and oxygen atoms in total. The van der Waals surface area contributed by atoms with Gasteiger partial charge in [0.25, 0.3) is 5.91 Å². The minimum Gasteiger partial charge on any atom is -0.334 e. The third-order valence-corrected chi connectivity index (χ3v) is 8.22. The van der Waals surface area contributed by atoms with Gasteiger partial charge in [-0.25, -0.2) is 9.18 Å². The van der Waals surface area contributed by atoms with Crippen LogP contribution in [0.25, 0.3) is 0 Å². The SMILES string of the molecule is CCC(C)(C)C1CCC2(CC1)NC(=O)N(CC(=O)N1CCCC1c1ccc(F)cc1)C2=O. The molecular weight excluding hydrogens is 409 g/mol. The van der Waals surface area contributed by atoms with E-state index in [-0.39, 0.29) is 35.6 Å². The number of halogens is 1. The van der Waals surface area contributed by atoms with Gasteiger partial charge in [-0.1, -0.05) is 39.3 Å². The van der Waals surface area contributed by atoms with Crippen LogP contribution in [-0.2, 0) is 9.59 Å². The zero-order valence-corrected chi connectivity index (χ0v) is 19.3. The zero-order valence-electron chi connectivity index (χ0n) is 19.3. The van der Waals surface area contributed by atoms with Gasteiger partial charge in [0.05, 0.1) is 6.04 Å². The largest absolute Gasteiger partial charge is 0.334 e. The molecule has 1 aromatic rings. The summed E-state index contributed by atoms with van der Waals surface area (Å²) in [7, 11) is 0. The Hall–Kier alpha value is -2.44. The second kappa shape index (κ2) is 8.49. The third kappa shape index (κ3) is 4.02. The average molecular weight is 444 g/mol. The van der Waals surface area contributed by atoms with Crippen molar-refractivity contribution in [3.05, 3.63) is 35.6 Å². The first-order chi connectivity index (χ1) is 15.2. The number of imide groups is 1. The highest BCUT2D eigenvalue weighted by Crippen LogP contribution is 2.45. The van der Waals surface area contributed by atoms with Crippen molar-refractivity contribution < 1.29 is 18.8 Å². The van der Waals surface area contributed by atoms with Crippen molar-refractivity contribution in [2.45, 2.75) is 77.3 Å². The Morgan fingerprint density at radius 2 is 1.81 bits per heavy atom. The van der Waals surface area contributed by atoms with E-state index in [0.29, 0.717) is 25.3 Å². The lowest BCUT2D eigenvalue weighted by atomic mass is 9.65. The summed E-state index contributed by atoms with van der Waals surface area (Å²) in [6.45, 7) is 7.06. The van der Waals surface area contributed by atoms with Crippen LogP contribution in [0.4, 0.5) is 9.18 Å². The lowest BCUT2D eigenvalue weighted by Crippen LogP contribution is -2.51. The summed E-state index contributed by atoms with van der Waals surface area (Å²) in [5.41, 5.74) is 0.232. The summed E-state index contributed by atoms with van der Waals surface area (Å²) in [4.78, 5) is 41.9. The zero-order chi connectivity index (χ0) is 23.1. The molecule has 2 heterocycles. The minimum atomic E-state index is -0.862. The predicted octanol–water partition coefficient (Wildman–Crippen LogP) is 4.41. The van der Waals surface area contributed by atoms with Crippen LogP contribution in [0.5, 0.6) is 0 Å². The van der Waals surface area contributed by atoms with Crippen molar-refractivity contribution in [2.75, 3.05) is 13.1 Å². The monoisotopic (exact) mass is 443 g/mol. The molecule has 4 rings (SSSR count). The van der Waals surface area contributed by atoms with E-state index in [1.807, 2.05) is 0 Å². The van der Waals surface area contributed by atoms with Crippen LogP contribution < -0.4 is 5.32 Å². The smallest absolute Gasteiger partial charge is 0.325 e. The molecule has 1 N–H and O–H groups in total. The second-order valence-corrected chi connectivity index (χ2v) is 10.3. The Balaban J connectivity index is 1.42. The van der Waals surface area contributed by atoms with Gasteiger partial charge in [0.15, 0.2) is 0 Å². The van der Waals surface area contributed by atoms with Gasteiger partial charge in [0.1, 0.15) is 17.9 Å². The van der Waals surface area contributed by atoms with Gasteiger partial charge in [0.2, 0.25) is 5.91 Å². The molecule has 2 saturated heterocycles. The van der Waals surface area contributed by atoms with Crippen molar-refractivity contribution in [2.24, 2.45) is 11.3 Å². The van der Waals surface area contributed by atoms with Crippen LogP contribution in [0, 0.1) is 17.2 Å². The van der Waals surface area contributed by atoms with Gasteiger partial charge in [0, 0.05) is 6.54 Å². The van der Waals surface area contributed by atoms with E-state index in [4.69, 9.17) is 0 Å². The summed E-state index contributed by atoms with van der Waals surface area (Å²) >= 11 is 0. The maximum Gasteiger partial charge on any atom is 0.325 e. The summed E-state index contributed by atoms with van der Waals surface area (Å²) in [6.07, 6.45) is 5.75. The Morgan fingerprint density at radius 1 is 1.16 bits per heavy atom. The Labute approximate surface area is 189 Å². The van der Waals surface area contributed by atoms with Crippen molar-refractivity contribution >= 4 is 17.8 Å². The summed E-state index contributed by atoms with van der Waals surface area (Å²) in [6, 6.07) is 5.58. The molecular formula is C25H34FN3O3. The highest BCUT2D eigenvalue weighted by atomic mass is 19.1. The lowest BCUT2D eigenvalue weighted by molar-refractivity contribution is -0.140. The molecule has 0 aromatic heterocycles. The quantitative estimate of drug-likeness (QED) is 0.686. The van der Waals surface area contributed by atoms with Gasteiger partial charge in [-0.2, -0.15) is 0 Å². The van der Waals surface area contributed by atoms with E-state index in [2.05, 4.69) is 26.1 Å². The van der Waals surface area contributed by atoms with E-state index >= 15 is 0 Å². The van der Waals surface area contributed by atoms with Crippen molar-refractivity contribution in [3.63, 3.8) is 0 Å². The van der Waals surface area contributed by atoms with Gasteiger partial charge in [-0.3, -0.25) is 14.5 Å². The molecule has 1 spiro atoms. The molecule has 2 aliphatic heterocycles. The van der Waals surface area contributed by atoms with E-state index in [0.717, 1.165) is 42.6 Å². The molecule has 3 aliphatic rings. The first-order valence-electron chi connectivity index (χ1n) is 11.9. The predicted molar refractivity (Wildman–Crippen MR) is 119 cm³/mol. The third-order valence-electron chi connectivity index (χ3n) is 8.22. The van der Waals surface area contributed by atoms with Crippen LogP contribution >= 0.6 is 0 Å². The Morgan fingerprint density at radius 3 is 2.44 bits per heavy atom. The minimum absolute atomic E-state index is 0.149. The molecule has 1 aliphatic carbocycles. The van der Waals surface area contributed by atoms with Crippen molar-refractivity contribution in [1.82, 2.24) is 15.1 Å². The summed E-state index contributed by atoms with van der Waals surface area (Å²) < 4.78 is 13.3. The molecule has 1 unspecified atom stereocenters. The number of hydrogen-bond acceptors (Lipinski definition) is 3. The molecule has 0 radical (unpaired) electrons. The van der Waals surface area contributed by atoms with Gasteiger partial charge in [-0.05, 0) is 67.6 Å². The molecule has 1 saturated carbocycles. The topological polar surface area (TPSA) is 69.7 Å².